The maximum Gasteiger partial charge on any atom is 0.135 e. The van der Waals surface area contributed by atoms with E-state index in [4.69, 9.17) is 4.74 Å². The van der Waals surface area contributed by atoms with Crippen molar-refractivity contribution in [3.8, 4) is 5.75 Å². The minimum Gasteiger partial charge on any atom is -0.496 e. The van der Waals surface area contributed by atoms with Gasteiger partial charge in [-0.3, -0.25) is 0 Å². The van der Waals surface area contributed by atoms with Crippen LogP contribution in [0.4, 0.5) is 17.3 Å². The van der Waals surface area contributed by atoms with Gasteiger partial charge in [-0.15, -0.1) is 0 Å². The molecule has 2 N–H and O–H groups in total. The van der Waals surface area contributed by atoms with Gasteiger partial charge in [0.2, 0.25) is 0 Å². The van der Waals surface area contributed by atoms with Crippen LogP contribution in [0.2, 0.25) is 0 Å². The summed E-state index contributed by atoms with van der Waals surface area (Å²) in [5.41, 5.74) is 2.17. The summed E-state index contributed by atoms with van der Waals surface area (Å²) < 4.78 is 5.37. The summed E-state index contributed by atoms with van der Waals surface area (Å²) in [7, 11) is 1.69. The number of aromatic nitrogens is 2. The van der Waals surface area contributed by atoms with Crippen molar-refractivity contribution in [2.24, 2.45) is 0 Å². The second-order valence-corrected chi connectivity index (χ2v) is 5.27. The average Bonchev–Trinajstić information content (AvgIpc) is 2.63. The molecule has 0 unspecified atom stereocenters. The SMILES string of the molecule is COc1ccccc1CCNc1cc(Nc2ccccc2)ncn1. The topological polar surface area (TPSA) is 59.1 Å². The van der Waals surface area contributed by atoms with E-state index in [-0.39, 0.29) is 0 Å². The molecule has 1 heterocycles. The summed E-state index contributed by atoms with van der Waals surface area (Å²) in [6.07, 6.45) is 2.41. The molecule has 0 bridgehead atoms. The number of hydrogen-bond acceptors (Lipinski definition) is 5. The molecular formula is C19H20N4O. The van der Waals surface area contributed by atoms with Crippen molar-refractivity contribution in [3.05, 3.63) is 72.6 Å². The van der Waals surface area contributed by atoms with Crippen LogP contribution in [0.25, 0.3) is 0 Å². The lowest BCUT2D eigenvalue weighted by atomic mass is 10.1. The molecule has 0 saturated carbocycles. The number of nitrogens with one attached hydrogen (secondary N) is 2. The lowest BCUT2D eigenvalue weighted by Crippen LogP contribution is -2.08. The Morgan fingerprint density at radius 3 is 2.50 bits per heavy atom. The van der Waals surface area contributed by atoms with Crippen LogP contribution in [0.15, 0.2) is 67.0 Å². The Balaban J connectivity index is 1.59. The molecule has 0 fully saturated rings. The van der Waals surface area contributed by atoms with Gasteiger partial charge < -0.3 is 15.4 Å². The van der Waals surface area contributed by atoms with Gasteiger partial charge in [0, 0.05) is 18.3 Å². The third kappa shape index (κ3) is 4.23. The minimum atomic E-state index is 0.760. The molecule has 0 amide bonds. The first-order chi connectivity index (χ1) is 11.8. The monoisotopic (exact) mass is 320 g/mol. The number of nitrogens with zero attached hydrogens (tertiary/aromatic N) is 2. The number of anilines is 3. The molecule has 5 heteroatoms. The maximum absolute atomic E-state index is 5.37. The molecule has 0 aliphatic carbocycles. The predicted molar refractivity (Wildman–Crippen MR) is 96.9 cm³/mol. The Bertz CT molecular complexity index is 777. The number of benzene rings is 2. The first-order valence-electron chi connectivity index (χ1n) is 7.85. The van der Waals surface area contributed by atoms with E-state index in [2.05, 4.69) is 26.7 Å². The molecule has 0 aliphatic rings. The highest BCUT2D eigenvalue weighted by atomic mass is 16.5. The summed E-state index contributed by atoms with van der Waals surface area (Å²) in [6, 6.07) is 19.9. The minimum absolute atomic E-state index is 0.760. The van der Waals surface area contributed by atoms with Gasteiger partial charge in [-0.1, -0.05) is 36.4 Å². The summed E-state index contributed by atoms with van der Waals surface area (Å²) in [5.74, 6) is 2.46. The van der Waals surface area contributed by atoms with E-state index in [0.29, 0.717) is 0 Å². The lowest BCUT2D eigenvalue weighted by molar-refractivity contribution is 0.410. The van der Waals surface area contributed by atoms with Gasteiger partial charge in [-0.2, -0.15) is 0 Å². The molecule has 0 atom stereocenters. The molecular weight excluding hydrogens is 300 g/mol. The van der Waals surface area contributed by atoms with E-state index >= 15 is 0 Å². The Morgan fingerprint density at radius 2 is 1.67 bits per heavy atom. The zero-order valence-electron chi connectivity index (χ0n) is 13.6. The highest BCUT2D eigenvalue weighted by Crippen LogP contribution is 2.18. The Labute approximate surface area is 141 Å². The number of hydrogen-bond donors (Lipinski definition) is 2. The Morgan fingerprint density at radius 1 is 0.917 bits per heavy atom. The summed E-state index contributed by atoms with van der Waals surface area (Å²) in [4.78, 5) is 8.51. The van der Waals surface area contributed by atoms with Crippen molar-refractivity contribution in [2.75, 3.05) is 24.3 Å². The number of ether oxygens (including phenoxy) is 1. The van der Waals surface area contributed by atoms with Crippen molar-refractivity contribution in [1.82, 2.24) is 9.97 Å². The van der Waals surface area contributed by atoms with Crippen LogP contribution < -0.4 is 15.4 Å². The molecule has 3 aromatic rings. The van der Waals surface area contributed by atoms with E-state index in [9.17, 15) is 0 Å². The zero-order valence-corrected chi connectivity index (χ0v) is 13.6. The van der Waals surface area contributed by atoms with Gasteiger partial charge in [0.05, 0.1) is 7.11 Å². The van der Waals surface area contributed by atoms with Crippen molar-refractivity contribution in [1.29, 1.82) is 0 Å². The molecule has 0 spiro atoms. The molecule has 2 aromatic carbocycles. The van der Waals surface area contributed by atoms with Crippen LogP contribution in [0.3, 0.4) is 0 Å². The number of para-hydroxylation sites is 2. The van der Waals surface area contributed by atoms with E-state index < -0.39 is 0 Å². The van der Waals surface area contributed by atoms with Gasteiger partial charge in [-0.05, 0) is 30.2 Å². The van der Waals surface area contributed by atoms with Crippen LogP contribution >= 0.6 is 0 Å². The van der Waals surface area contributed by atoms with Crippen molar-refractivity contribution in [2.45, 2.75) is 6.42 Å². The fourth-order valence-electron chi connectivity index (χ4n) is 2.43. The van der Waals surface area contributed by atoms with Crippen LogP contribution in [-0.4, -0.2) is 23.6 Å². The smallest absolute Gasteiger partial charge is 0.135 e. The highest BCUT2D eigenvalue weighted by Gasteiger charge is 2.03. The quantitative estimate of drug-likeness (QED) is 0.692. The predicted octanol–water partition coefficient (Wildman–Crippen LogP) is 3.88. The molecule has 0 saturated heterocycles. The average molecular weight is 320 g/mol. The van der Waals surface area contributed by atoms with Crippen molar-refractivity contribution < 1.29 is 4.74 Å². The summed E-state index contributed by atoms with van der Waals surface area (Å²) in [5, 5.41) is 6.58. The Hall–Kier alpha value is -3.08. The number of methoxy groups -OCH3 is 1. The van der Waals surface area contributed by atoms with E-state index in [1.165, 1.54) is 5.56 Å². The van der Waals surface area contributed by atoms with Gasteiger partial charge >= 0.3 is 0 Å². The normalized spacial score (nSPS) is 10.2. The molecule has 1 aromatic heterocycles. The molecule has 122 valence electrons. The molecule has 0 radical (unpaired) electrons. The molecule has 5 nitrogen and oxygen atoms in total. The van der Waals surface area contributed by atoms with Crippen molar-refractivity contribution >= 4 is 17.3 Å². The van der Waals surface area contributed by atoms with Gasteiger partial charge in [0.15, 0.2) is 0 Å². The second kappa shape index (κ2) is 7.97. The fourth-order valence-corrected chi connectivity index (χ4v) is 2.43. The van der Waals surface area contributed by atoms with E-state index in [1.807, 2.05) is 54.6 Å². The van der Waals surface area contributed by atoms with Crippen LogP contribution in [0, 0.1) is 0 Å². The standard InChI is InChI=1S/C19H20N4O/c1-24-17-10-6-5-7-15(17)11-12-20-18-13-19(22-14-21-18)23-16-8-3-2-4-9-16/h2-10,13-14H,11-12H2,1H3,(H2,20,21,22,23). The molecule has 3 rings (SSSR count). The lowest BCUT2D eigenvalue weighted by Gasteiger charge is -2.10. The maximum atomic E-state index is 5.37. The van der Waals surface area contributed by atoms with Crippen molar-refractivity contribution in [3.63, 3.8) is 0 Å². The largest absolute Gasteiger partial charge is 0.496 e. The highest BCUT2D eigenvalue weighted by molar-refractivity contribution is 5.58. The first-order valence-corrected chi connectivity index (χ1v) is 7.85. The van der Waals surface area contributed by atoms with Gasteiger partial charge in [0.1, 0.15) is 23.7 Å². The van der Waals surface area contributed by atoms with Gasteiger partial charge in [0.25, 0.3) is 0 Å². The van der Waals surface area contributed by atoms with Gasteiger partial charge in [-0.25, -0.2) is 9.97 Å². The van der Waals surface area contributed by atoms with E-state index in [0.717, 1.165) is 36.0 Å². The second-order valence-electron chi connectivity index (χ2n) is 5.27. The molecule has 0 aliphatic heterocycles. The zero-order chi connectivity index (χ0) is 16.6. The first kappa shape index (κ1) is 15.8. The third-order valence-corrected chi connectivity index (χ3v) is 3.61. The van der Waals surface area contributed by atoms with Crippen LogP contribution in [0.5, 0.6) is 5.75 Å². The molecule has 24 heavy (non-hydrogen) atoms. The summed E-state index contributed by atoms with van der Waals surface area (Å²) in [6.45, 7) is 0.766. The van der Waals surface area contributed by atoms with E-state index in [1.54, 1.807) is 13.4 Å². The van der Waals surface area contributed by atoms with Crippen LogP contribution in [0.1, 0.15) is 5.56 Å². The third-order valence-electron chi connectivity index (χ3n) is 3.61. The van der Waals surface area contributed by atoms with Crippen LogP contribution in [-0.2, 0) is 6.42 Å². The summed E-state index contributed by atoms with van der Waals surface area (Å²) >= 11 is 0. The number of rotatable bonds is 7. The fraction of sp³-hybridized carbons (Fsp3) is 0.158. The Kier molecular flexibility index (Phi) is 5.24.